The molecule has 1 aliphatic rings. The van der Waals surface area contributed by atoms with Crippen molar-refractivity contribution in [2.24, 2.45) is 5.41 Å². The van der Waals surface area contributed by atoms with Gasteiger partial charge in [0.1, 0.15) is 6.61 Å². The molecule has 0 aliphatic heterocycles. The van der Waals surface area contributed by atoms with Crippen LogP contribution < -0.4 is 5.32 Å². The smallest absolute Gasteiger partial charge is 0.245 e. The number of benzene rings is 1. The van der Waals surface area contributed by atoms with E-state index in [1.165, 1.54) is 12.0 Å². The van der Waals surface area contributed by atoms with Gasteiger partial charge in [0, 0.05) is 6.54 Å². The summed E-state index contributed by atoms with van der Waals surface area (Å²) in [6.45, 7) is 0.267. The molecule has 92 valence electrons. The van der Waals surface area contributed by atoms with Crippen molar-refractivity contribution < 1.29 is 9.90 Å². The maximum absolute atomic E-state index is 11.1. The fourth-order valence-electron chi connectivity index (χ4n) is 2.46. The number of aliphatic hydroxyl groups excluding tert-OH is 1. The number of aliphatic hydroxyl groups is 1. The van der Waals surface area contributed by atoms with Crippen molar-refractivity contribution in [1.82, 2.24) is 5.32 Å². The Morgan fingerprint density at radius 2 is 2.00 bits per heavy atom. The van der Waals surface area contributed by atoms with E-state index in [0.29, 0.717) is 6.54 Å². The van der Waals surface area contributed by atoms with Crippen LogP contribution in [0.3, 0.4) is 0 Å². The summed E-state index contributed by atoms with van der Waals surface area (Å²) >= 11 is 0. The molecule has 0 bridgehead atoms. The second kappa shape index (κ2) is 5.32. The Morgan fingerprint density at radius 1 is 1.29 bits per heavy atom. The molecule has 1 aromatic rings. The minimum atomic E-state index is -0.415. The Labute approximate surface area is 102 Å². The topological polar surface area (TPSA) is 49.3 Å². The molecule has 0 aromatic heterocycles. The quantitative estimate of drug-likeness (QED) is 0.810. The SMILES string of the molecule is O=C(CO)NCC1(Cc2ccccc2)CCC1. The highest BCUT2D eigenvalue weighted by molar-refractivity contribution is 5.76. The molecule has 0 saturated heterocycles. The summed E-state index contributed by atoms with van der Waals surface area (Å²) < 4.78 is 0. The van der Waals surface area contributed by atoms with Gasteiger partial charge in [-0.15, -0.1) is 0 Å². The minimum Gasteiger partial charge on any atom is -0.387 e. The largest absolute Gasteiger partial charge is 0.387 e. The van der Waals surface area contributed by atoms with Crippen LogP contribution in [0.15, 0.2) is 30.3 Å². The first-order valence-corrected chi connectivity index (χ1v) is 6.16. The van der Waals surface area contributed by atoms with Gasteiger partial charge in [-0.25, -0.2) is 0 Å². The normalized spacial score (nSPS) is 17.2. The maximum atomic E-state index is 11.1. The molecule has 3 heteroatoms. The molecule has 1 aromatic carbocycles. The van der Waals surface area contributed by atoms with Crippen LogP contribution in [0, 0.1) is 5.41 Å². The number of rotatable bonds is 5. The van der Waals surface area contributed by atoms with E-state index in [1.54, 1.807) is 0 Å². The highest BCUT2D eigenvalue weighted by atomic mass is 16.3. The van der Waals surface area contributed by atoms with Crippen LogP contribution in [-0.2, 0) is 11.2 Å². The van der Waals surface area contributed by atoms with E-state index >= 15 is 0 Å². The van der Waals surface area contributed by atoms with E-state index in [2.05, 4.69) is 17.4 Å². The van der Waals surface area contributed by atoms with E-state index in [9.17, 15) is 4.79 Å². The summed E-state index contributed by atoms with van der Waals surface area (Å²) in [6, 6.07) is 10.4. The van der Waals surface area contributed by atoms with Crippen molar-refractivity contribution in [3.63, 3.8) is 0 Å². The van der Waals surface area contributed by atoms with Crippen molar-refractivity contribution in [1.29, 1.82) is 0 Å². The standard InChI is InChI=1S/C14H19NO2/c16-10-13(17)15-11-14(7-4-8-14)9-12-5-2-1-3-6-12/h1-3,5-6,16H,4,7-11H2,(H,15,17). The zero-order chi connectivity index (χ0) is 12.1. The number of hydrogen-bond donors (Lipinski definition) is 2. The van der Waals surface area contributed by atoms with Crippen LogP contribution >= 0.6 is 0 Å². The van der Waals surface area contributed by atoms with Crippen LogP contribution in [0.4, 0.5) is 0 Å². The van der Waals surface area contributed by atoms with E-state index in [0.717, 1.165) is 19.3 Å². The Balaban J connectivity index is 1.93. The number of carbonyl (C=O) groups is 1. The van der Waals surface area contributed by atoms with Crippen LogP contribution in [0.25, 0.3) is 0 Å². The van der Waals surface area contributed by atoms with Crippen LogP contribution in [0.2, 0.25) is 0 Å². The van der Waals surface area contributed by atoms with Crippen molar-refractivity contribution in [2.45, 2.75) is 25.7 Å². The summed E-state index contributed by atoms with van der Waals surface area (Å²) in [4.78, 5) is 11.1. The zero-order valence-electron chi connectivity index (χ0n) is 9.98. The second-order valence-corrected chi connectivity index (χ2v) is 4.95. The second-order valence-electron chi connectivity index (χ2n) is 4.95. The third-order valence-electron chi connectivity index (χ3n) is 3.64. The molecule has 0 radical (unpaired) electrons. The molecule has 17 heavy (non-hydrogen) atoms. The van der Waals surface area contributed by atoms with Gasteiger partial charge in [-0.05, 0) is 30.2 Å². The fraction of sp³-hybridized carbons (Fsp3) is 0.500. The number of amides is 1. The van der Waals surface area contributed by atoms with Gasteiger partial charge in [0.25, 0.3) is 0 Å². The average Bonchev–Trinajstić information content (AvgIpc) is 2.33. The highest BCUT2D eigenvalue weighted by Crippen LogP contribution is 2.43. The summed E-state index contributed by atoms with van der Waals surface area (Å²) in [5.74, 6) is -0.274. The van der Waals surface area contributed by atoms with Crippen LogP contribution in [0.1, 0.15) is 24.8 Å². The summed E-state index contributed by atoms with van der Waals surface area (Å²) in [7, 11) is 0. The molecule has 2 N–H and O–H groups in total. The first kappa shape index (κ1) is 12.1. The molecule has 1 saturated carbocycles. The Morgan fingerprint density at radius 3 is 2.53 bits per heavy atom. The summed E-state index contributed by atoms with van der Waals surface area (Å²) in [5.41, 5.74) is 1.54. The molecule has 0 heterocycles. The average molecular weight is 233 g/mol. The first-order valence-electron chi connectivity index (χ1n) is 6.16. The van der Waals surface area contributed by atoms with Crippen molar-refractivity contribution in [3.8, 4) is 0 Å². The highest BCUT2D eigenvalue weighted by Gasteiger charge is 2.37. The van der Waals surface area contributed by atoms with Gasteiger partial charge in [0.2, 0.25) is 5.91 Å². The summed E-state index contributed by atoms with van der Waals surface area (Å²) in [5, 5.41) is 11.5. The molecular weight excluding hydrogens is 214 g/mol. The fourth-order valence-corrected chi connectivity index (χ4v) is 2.46. The lowest BCUT2D eigenvalue weighted by molar-refractivity contribution is -0.124. The lowest BCUT2D eigenvalue weighted by Gasteiger charge is -2.42. The number of carbonyl (C=O) groups excluding carboxylic acids is 1. The lowest BCUT2D eigenvalue weighted by atomic mass is 9.65. The minimum absolute atomic E-state index is 0.214. The Hall–Kier alpha value is -1.35. The third kappa shape index (κ3) is 3.07. The van der Waals surface area contributed by atoms with E-state index < -0.39 is 6.61 Å². The predicted molar refractivity (Wildman–Crippen MR) is 66.5 cm³/mol. The molecule has 0 atom stereocenters. The van der Waals surface area contributed by atoms with Gasteiger partial charge in [-0.2, -0.15) is 0 Å². The molecule has 2 rings (SSSR count). The van der Waals surface area contributed by atoms with Crippen molar-refractivity contribution in [3.05, 3.63) is 35.9 Å². The lowest BCUT2D eigenvalue weighted by Crippen LogP contribution is -2.44. The molecule has 0 unspecified atom stereocenters. The van der Waals surface area contributed by atoms with Crippen LogP contribution in [0.5, 0.6) is 0 Å². The molecule has 3 nitrogen and oxygen atoms in total. The van der Waals surface area contributed by atoms with Gasteiger partial charge >= 0.3 is 0 Å². The van der Waals surface area contributed by atoms with Gasteiger partial charge in [0.05, 0.1) is 0 Å². The van der Waals surface area contributed by atoms with Gasteiger partial charge < -0.3 is 10.4 Å². The molecular formula is C14H19NO2. The monoisotopic (exact) mass is 233 g/mol. The third-order valence-corrected chi connectivity index (χ3v) is 3.64. The predicted octanol–water partition coefficient (Wildman–Crippen LogP) is 1.51. The zero-order valence-corrected chi connectivity index (χ0v) is 9.98. The van der Waals surface area contributed by atoms with Crippen molar-refractivity contribution >= 4 is 5.91 Å². The number of nitrogens with one attached hydrogen (secondary N) is 1. The molecule has 0 spiro atoms. The Kier molecular flexibility index (Phi) is 3.79. The van der Waals surface area contributed by atoms with Gasteiger partial charge in [-0.1, -0.05) is 36.8 Å². The van der Waals surface area contributed by atoms with E-state index in [4.69, 9.17) is 5.11 Å². The van der Waals surface area contributed by atoms with E-state index in [-0.39, 0.29) is 11.3 Å². The number of hydrogen-bond acceptors (Lipinski definition) is 2. The van der Waals surface area contributed by atoms with Gasteiger partial charge in [0.15, 0.2) is 0 Å². The molecule has 1 amide bonds. The molecule has 1 aliphatic carbocycles. The maximum Gasteiger partial charge on any atom is 0.245 e. The van der Waals surface area contributed by atoms with Crippen LogP contribution in [-0.4, -0.2) is 24.2 Å². The van der Waals surface area contributed by atoms with E-state index in [1.807, 2.05) is 18.2 Å². The van der Waals surface area contributed by atoms with Gasteiger partial charge in [-0.3, -0.25) is 4.79 Å². The molecule has 1 fully saturated rings. The summed E-state index contributed by atoms with van der Waals surface area (Å²) in [6.07, 6.45) is 4.57. The first-order chi connectivity index (χ1) is 8.24. The Bertz CT molecular complexity index is 371. The van der Waals surface area contributed by atoms with Crippen molar-refractivity contribution in [2.75, 3.05) is 13.2 Å².